The van der Waals surface area contributed by atoms with Crippen molar-refractivity contribution in [3.05, 3.63) is 57.6 Å². The highest BCUT2D eigenvalue weighted by atomic mass is 79.9. The number of nitrogens with zero attached hydrogens (tertiary/aromatic N) is 2. The second-order valence-corrected chi connectivity index (χ2v) is 7.73. The quantitative estimate of drug-likeness (QED) is 0.477. The number of amides is 2. The Bertz CT molecular complexity index is 974. The summed E-state index contributed by atoms with van der Waals surface area (Å²) in [7, 11) is 1.52. The van der Waals surface area contributed by atoms with Gasteiger partial charge in [0.25, 0.3) is 11.8 Å². The van der Waals surface area contributed by atoms with Crippen molar-refractivity contribution in [1.82, 2.24) is 10.3 Å². The Kier molecular flexibility index (Phi) is 8.02. The molecule has 0 spiro atoms. The summed E-state index contributed by atoms with van der Waals surface area (Å²) in [5.41, 5.74) is 4.64. The lowest BCUT2D eigenvalue weighted by Crippen LogP contribution is -2.43. The van der Waals surface area contributed by atoms with Gasteiger partial charge in [-0.05, 0) is 64.3 Å². The van der Waals surface area contributed by atoms with Gasteiger partial charge < -0.3 is 19.1 Å². The van der Waals surface area contributed by atoms with Crippen LogP contribution in [-0.2, 0) is 9.53 Å². The molecule has 2 aromatic carbocycles. The highest BCUT2D eigenvalue weighted by Gasteiger charge is 2.17. The van der Waals surface area contributed by atoms with Crippen molar-refractivity contribution >= 4 is 34.0 Å². The Morgan fingerprint density at radius 1 is 1.19 bits per heavy atom. The fourth-order valence-electron chi connectivity index (χ4n) is 2.97. The van der Waals surface area contributed by atoms with Gasteiger partial charge in [-0.1, -0.05) is 6.07 Å². The molecule has 1 fully saturated rings. The molecule has 1 aliphatic rings. The van der Waals surface area contributed by atoms with Gasteiger partial charge in [-0.3, -0.25) is 9.59 Å². The molecule has 31 heavy (non-hydrogen) atoms. The monoisotopic (exact) mass is 489 g/mol. The average Bonchev–Trinajstić information content (AvgIpc) is 2.78. The van der Waals surface area contributed by atoms with Crippen LogP contribution in [0.1, 0.15) is 21.5 Å². The minimum Gasteiger partial charge on any atom is -0.496 e. The van der Waals surface area contributed by atoms with Crippen LogP contribution < -0.4 is 14.9 Å². The summed E-state index contributed by atoms with van der Waals surface area (Å²) in [6.07, 6.45) is 1.52. The normalized spacial score (nSPS) is 13.8. The van der Waals surface area contributed by atoms with Gasteiger partial charge in [0.05, 0.1) is 36.6 Å². The van der Waals surface area contributed by atoms with Crippen LogP contribution in [0, 0.1) is 6.92 Å². The van der Waals surface area contributed by atoms with Crippen molar-refractivity contribution in [3.63, 3.8) is 0 Å². The summed E-state index contributed by atoms with van der Waals surface area (Å²) in [6.45, 7) is 4.15. The summed E-state index contributed by atoms with van der Waals surface area (Å²) >= 11 is 3.44. The van der Waals surface area contributed by atoms with Crippen molar-refractivity contribution in [3.8, 4) is 11.5 Å². The van der Waals surface area contributed by atoms with Gasteiger partial charge in [0.15, 0.2) is 6.61 Å². The molecule has 3 rings (SSSR count). The molecule has 0 radical (unpaired) electrons. The van der Waals surface area contributed by atoms with Gasteiger partial charge >= 0.3 is 0 Å². The number of ether oxygens (including phenoxy) is 3. The molecule has 9 heteroatoms. The predicted molar refractivity (Wildman–Crippen MR) is 120 cm³/mol. The van der Waals surface area contributed by atoms with E-state index in [4.69, 9.17) is 14.2 Å². The third-order valence-electron chi connectivity index (χ3n) is 4.65. The van der Waals surface area contributed by atoms with Gasteiger partial charge in [-0.15, -0.1) is 0 Å². The maximum Gasteiger partial charge on any atom is 0.275 e. The smallest absolute Gasteiger partial charge is 0.275 e. The highest BCUT2D eigenvalue weighted by molar-refractivity contribution is 9.10. The van der Waals surface area contributed by atoms with Crippen LogP contribution in [0.4, 0.5) is 0 Å². The van der Waals surface area contributed by atoms with Crippen LogP contribution in [0.2, 0.25) is 0 Å². The maximum atomic E-state index is 12.3. The van der Waals surface area contributed by atoms with E-state index in [9.17, 15) is 9.59 Å². The van der Waals surface area contributed by atoms with E-state index in [1.54, 1.807) is 35.2 Å². The number of morpholine rings is 1. The first-order valence-corrected chi connectivity index (χ1v) is 10.5. The second-order valence-electron chi connectivity index (χ2n) is 6.87. The van der Waals surface area contributed by atoms with Gasteiger partial charge in [0.2, 0.25) is 0 Å². The summed E-state index contributed by atoms with van der Waals surface area (Å²) < 4.78 is 16.8. The number of nitrogens with one attached hydrogen (secondary N) is 1. The first-order chi connectivity index (χ1) is 15.0. The number of rotatable bonds is 7. The minimum absolute atomic E-state index is 0.0412. The lowest BCUT2D eigenvalue weighted by molar-refractivity contribution is -0.137. The van der Waals surface area contributed by atoms with E-state index in [0.717, 1.165) is 11.1 Å². The SMILES string of the molecule is COc1cc(C)ccc1C(=O)N/N=C\c1ccc(OCC(=O)N2CCOCC2)c(Br)c1. The van der Waals surface area contributed by atoms with E-state index in [1.807, 2.05) is 13.0 Å². The molecule has 1 saturated heterocycles. The minimum atomic E-state index is -0.367. The standard InChI is InChI=1S/C22H24BrN3O5/c1-15-3-5-17(20(11-15)29-2)22(28)25-24-13-16-4-6-19(18(23)12-16)31-14-21(27)26-7-9-30-10-8-26/h3-6,11-13H,7-10,14H2,1-2H3,(H,25,28)/b24-13-. The van der Waals surface area contributed by atoms with E-state index in [1.165, 1.54) is 13.3 Å². The van der Waals surface area contributed by atoms with Crippen LogP contribution in [0.5, 0.6) is 11.5 Å². The molecule has 2 aromatic rings. The summed E-state index contributed by atoms with van der Waals surface area (Å²) in [5.74, 6) is 0.597. The second kappa shape index (κ2) is 10.9. The molecular weight excluding hydrogens is 466 g/mol. The van der Waals surface area contributed by atoms with E-state index in [2.05, 4.69) is 26.5 Å². The Balaban J connectivity index is 1.55. The Morgan fingerprint density at radius 3 is 2.68 bits per heavy atom. The number of halogens is 1. The number of carbonyl (C=O) groups is 2. The van der Waals surface area contributed by atoms with Crippen molar-refractivity contribution in [1.29, 1.82) is 0 Å². The lowest BCUT2D eigenvalue weighted by Gasteiger charge is -2.26. The number of methoxy groups -OCH3 is 1. The van der Waals surface area contributed by atoms with Crippen LogP contribution in [-0.4, -0.2) is 62.9 Å². The van der Waals surface area contributed by atoms with Crippen molar-refractivity contribution in [2.45, 2.75) is 6.92 Å². The molecule has 8 nitrogen and oxygen atoms in total. The van der Waals surface area contributed by atoms with Crippen molar-refractivity contribution in [2.75, 3.05) is 40.0 Å². The number of hydrazone groups is 1. The summed E-state index contributed by atoms with van der Waals surface area (Å²) in [5, 5.41) is 4.01. The Morgan fingerprint density at radius 2 is 1.97 bits per heavy atom. The molecule has 1 aliphatic heterocycles. The zero-order valence-corrected chi connectivity index (χ0v) is 19.0. The molecule has 1 N–H and O–H groups in total. The lowest BCUT2D eigenvalue weighted by atomic mass is 10.1. The van der Waals surface area contributed by atoms with E-state index >= 15 is 0 Å². The largest absolute Gasteiger partial charge is 0.496 e. The number of hydrogen-bond acceptors (Lipinski definition) is 6. The Labute approximate surface area is 189 Å². The fourth-order valence-corrected chi connectivity index (χ4v) is 3.48. The van der Waals surface area contributed by atoms with Crippen LogP contribution in [0.25, 0.3) is 0 Å². The number of carbonyl (C=O) groups excluding carboxylic acids is 2. The van der Waals surface area contributed by atoms with Gasteiger partial charge in [0.1, 0.15) is 11.5 Å². The first-order valence-electron chi connectivity index (χ1n) is 9.74. The molecule has 0 atom stereocenters. The third kappa shape index (κ3) is 6.28. The summed E-state index contributed by atoms with van der Waals surface area (Å²) in [4.78, 5) is 26.3. The highest BCUT2D eigenvalue weighted by Crippen LogP contribution is 2.25. The fraction of sp³-hybridized carbons (Fsp3) is 0.318. The van der Waals surface area contributed by atoms with Crippen LogP contribution in [0.3, 0.4) is 0 Å². The predicted octanol–water partition coefficient (Wildman–Crippen LogP) is 2.77. The van der Waals surface area contributed by atoms with Crippen LogP contribution in [0.15, 0.2) is 46.0 Å². The number of benzene rings is 2. The molecule has 0 aliphatic carbocycles. The zero-order valence-electron chi connectivity index (χ0n) is 17.4. The van der Waals surface area contributed by atoms with Crippen molar-refractivity contribution < 1.29 is 23.8 Å². The molecule has 2 amide bonds. The molecule has 0 saturated carbocycles. The molecule has 164 valence electrons. The molecule has 0 unspecified atom stereocenters. The van der Waals surface area contributed by atoms with Gasteiger partial charge in [-0.25, -0.2) is 5.43 Å². The summed E-state index contributed by atoms with van der Waals surface area (Å²) in [6, 6.07) is 10.6. The van der Waals surface area contributed by atoms with E-state index in [-0.39, 0.29) is 18.4 Å². The van der Waals surface area contributed by atoms with Crippen molar-refractivity contribution in [2.24, 2.45) is 5.10 Å². The first kappa shape index (κ1) is 22.8. The molecule has 0 aromatic heterocycles. The van der Waals surface area contributed by atoms with Gasteiger partial charge in [-0.2, -0.15) is 5.10 Å². The number of aryl methyl sites for hydroxylation is 1. The third-order valence-corrected chi connectivity index (χ3v) is 5.27. The van der Waals surface area contributed by atoms with Gasteiger partial charge in [0, 0.05) is 13.1 Å². The maximum absolute atomic E-state index is 12.3. The molecule has 1 heterocycles. The number of hydrogen-bond donors (Lipinski definition) is 1. The zero-order chi connectivity index (χ0) is 22.2. The topological polar surface area (TPSA) is 89.5 Å². The molecular formula is C22H24BrN3O5. The van der Waals surface area contributed by atoms with Crippen LogP contribution >= 0.6 is 15.9 Å². The van der Waals surface area contributed by atoms with E-state index < -0.39 is 0 Å². The average molecular weight is 490 g/mol. The van der Waals surface area contributed by atoms with E-state index in [0.29, 0.717) is 47.8 Å². The molecule has 0 bridgehead atoms. The Hall–Kier alpha value is -2.91.